The van der Waals surface area contributed by atoms with E-state index in [9.17, 15) is 123 Å². The molecule has 2 saturated carbocycles. The van der Waals surface area contributed by atoms with Gasteiger partial charge in [0.2, 0.25) is 10.9 Å². The van der Waals surface area contributed by atoms with Gasteiger partial charge in [0.15, 0.2) is 0 Å². The molecule has 0 atom stereocenters. The molecule has 0 radical (unpaired) electrons. The Morgan fingerprint density at radius 2 is 0.759 bits per heavy atom. The third-order valence-corrected chi connectivity index (χ3v) is 21.6. The van der Waals surface area contributed by atoms with Crippen LogP contribution in [0.1, 0.15) is 171 Å². The van der Waals surface area contributed by atoms with Crippen LogP contribution in [0.3, 0.4) is 0 Å². The summed E-state index contributed by atoms with van der Waals surface area (Å²) in [6.45, 7) is 0. The van der Waals surface area contributed by atoms with Crippen LogP contribution in [0.2, 0.25) is 0 Å². The molecule has 8 fully saturated rings. The molecule has 0 spiro atoms. The number of alkyl halides is 18. The molecule has 6 aliphatic heterocycles. The summed E-state index contributed by atoms with van der Waals surface area (Å²) in [5.41, 5.74) is -6.73. The van der Waals surface area contributed by atoms with E-state index in [0.717, 1.165) is 126 Å². The summed E-state index contributed by atoms with van der Waals surface area (Å²) in [4.78, 5) is 78.0. The summed E-state index contributed by atoms with van der Waals surface area (Å²) >= 11 is 0. The number of pyridine rings is 2. The monoisotopic (exact) mass is 1720 g/mol. The SMILES string of the molecule is C.C1CC2CCC1C2.Cl.Cl.Cl.Nc1ccc(N2C3CCC2CC3)cc1C(F)(F)F.O=C(Nc1cc(N2C3CCC2CC3)ccc1C(F)(F)F)c1c[nH]c2cccc(C(F)(F)F)c2c1=O.O=C(O)c1c[nH]c2cccc(C(F)(F)F)c2c1=O.O=[N+]([O-])c1ccc(F)cc1C(F)(F)F.O=[N+]([O-])c1ccc(N2C3CCC2CC3)cc1C(F)(F)F. The van der Waals surface area contributed by atoms with Crippen molar-refractivity contribution in [2.45, 2.75) is 190 Å². The fourth-order valence-electron chi connectivity index (χ4n) is 16.7. The van der Waals surface area contributed by atoms with E-state index >= 15 is 0 Å². The second-order valence-electron chi connectivity index (χ2n) is 28.4. The number of carboxylic acid groups (broad SMARTS) is 1. The van der Waals surface area contributed by atoms with Crippen LogP contribution in [0.4, 0.5) is 123 Å². The molecule has 6 N–H and O–H groups in total. The van der Waals surface area contributed by atoms with E-state index in [0.29, 0.717) is 47.3 Å². The Labute approximate surface area is 665 Å². The molecule has 2 aromatic heterocycles. The first-order chi connectivity index (χ1) is 52.4. The molecule has 6 saturated heterocycles. The number of aromatic nitrogens is 2. The minimum absolute atomic E-state index is 0. The number of anilines is 5. The van der Waals surface area contributed by atoms with Crippen molar-refractivity contribution < 1.29 is 108 Å². The van der Waals surface area contributed by atoms with Gasteiger partial charge < -0.3 is 40.8 Å². The predicted octanol–water partition coefficient (Wildman–Crippen LogP) is 22.2. The van der Waals surface area contributed by atoms with Gasteiger partial charge in [-0.3, -0.25) is 34.6 Å². The number of hydrogen-bond acceptors (Lipinski definition) is 12. The summed E-state index contributed by atoms with van der Waals surface area (Å²) in [6.07, 6.45) is -6.73. The second-order valence-corrected chi connectivity index (χ2v) is 28.4. The molecular weight excluding hydrogens is 1650 g/mol. The number of H-pyrrole nitrogens is 2. The van der Waals surface area contributed by atoms with Gasteiger partial charge in [-0.05, 0) is 180 Å². The fourth-order valence-corrected chi connectivity index (χ4v) is 16.7. The number of carbonyl (C=O) groups is 2. The number of amides is 1. The zero-order valence-electron chi connectivity index (χ0n) is 59.6. The van der Waals surface area contributed by atoms with E-state index in [1.165, 1.54) is 54.3 Å². The van der Waals surface area contributed by atoms with Crippen LogP contribution < -0.4 is 36.6 Å². The highest BCUT2D eigenvalue weighted by molar-refractivity contribution is 6.06. The summed E-state index contributed by atoms with van der Waals surface area (Å²) in [6, 6.07) is 20.3. The zero-order valence-corrected chi connectivity index (χ0v) is 62.1. The number of carbonyl (C=O) groups excluding carboxylic acids is 1. The first-order valence-electron chi connectivity index (χ1n) is 35.3. The van der Waals surface area contributed by atoms with Gasteiger partial charge in [0.25, 0.3) is 17.3 Å². The quantitative estimate of drug-likeness (QED) is 0.0411. The van der Waals surface area contributed by atoms with Crippen LogP contribution >= 0.6 is 37.2 Å². The van der Waals surface area contributed by atoms with E-state index in [1.54, 1.807) is 38.2 Å². The average molecular weight is 1730 g/mol. The van der Waals surface area contributed by atoms with Crippen molar-refractivity contribution in [1.29, 1.82) is 0 Å². The van der Waals surface area contributed by atoms with Crippen LogP contribution in [0.5, 0.6) is 0 Å². The van der Waals surface area contributed by atoms with E-state index in [1.807, 2.05) is 9.80 Å². The molecular formula is C76H75Cl3F19N9O9. The van der Waals surface area contributed by atoms with Crippen molar-refractivity contribution in [2.24, 2.45) is 11.8 Å². The molecule has 8 aromatic rings. The van der Waals surface area contributed by atoms with Crippen LogP contribution in [0, 0.1) is 37.9 Å². The molecule has 0 unspecified atom stereocenters. The predicted molar refractivity (Wildman–Crippen MR) is 402 cm³/mol. The molecule has 1 amide bonds. The number of halogens is 22. The summed E-state index contributed by atoms with van der Waals surface area (Å²) in [5, 5.41) is 30.3. The molecule has 8 bridgehead atoms. The number of nitrogens with zero attached hydrogens (tertiary/aromatic N) is 5. The third-order valence-electron chi connectivity index (χ3n) is 21.6. The van der Waals surface area contributed by atoms with Crippen molar-refractivity contribution in [1.82, 2.24) is 9.97 Å². The number of nitrogen functional groups attached to an aromatic ring is 1. The maximum absolute atomic E-state index is 13.7. The molecule has 8 heterocycles. The first kappa shape index (κ1) is 93.4. The largest absolute Gasteiger partial charge is 0.477 e. The number of aromatic amines is 2. The van der Waals surface area contributed by atoms with Crippen molar-refractivity contribution >= 4 is 111 Å². The highest BCUT2D eigenvalue weighted by Crippen LogP contribution is 2.49. The highest BCUT2D eigenvalue weighted by atomic mass is 35.5. The van der Waals surface area contributed by atoms with Crippen molar-refractivity contribution in [3.05, 3.63) is 213 Å². The molecule has 16 rings (SSSR count). The molecule has 2 aliphatic carbocycles. The molecule has 6 aromatic carbocycles. The number of benzene rings is 6. The lowest BCUT2D eigenvalue weighted by Gasteiger charge is -2.26. The lowest BCUT2D eigenvalue weighted by Crippen LogP contribution is -2.29. The van der Waals surface area contributed by atoms with E-state index in [2.05, 4.69) is 20.2 Å². The van der Waals surface area contributed by atoms with Gasteiger partial charge in [-0.15, -0.1) is 37.2 Å². The van der Waals surface area contributed by atoms with Gasteiger partial charge >= 0.3 is 43.0 Å². The highest BCUT2D eigenvalue weighted by Gasteiger charge is 2.47. The number of nitrogens with one attached hydrogen (secondary N) is 3. The Kier molecular flexibility index (Phi) is 29.3. The number of fused-ring (bicyclic) bond motifs is 10. The van der Waals surface area contributed by atoms with E-state index in [-0.39, 0.29) is 91.6 Å². The van der Waals surface area contributed by atoms with Crippen LogP contribution in [0.15, 0.2) is 131 Å². The van der Waals surface area contributed by atoms with Gasteiger partial charge in [0.1, 0.15) is 28.1 Å². The minimum atomic E-state index is -4.93. The van der Waals surface area contributed by atoms with Crippen LogP contribution in [0.25, 0.3) is 21.8 Å². The van der Waals surface area contributed by atoms with Gasteiger partial charge in [-0.2, -0.15) is 79.0 Å². The Bertz CT molecular complexity index is 4950. The second kappa shape index (κ2) is 36.4. The Morgan fingerprint density at radius 1 is 0.431 bits per heavy atom. The smallest absolute Gasteiger partial charge is 0.423 e. The number of nitro benzene ring substituents is 2. The number of carboxylic acids is 1. The molecule has 116 heavy (non-hydrogen) atoms. The molecule has 40 heteroatoms. The van der Waals surface area contributed by atoms with Crippen molar-refractivity contribution in [2.75, 3.05) is 25.8 Å². The number of nitro groups is 2. The summed E-state index contributed by atoms with van der Waals surface area (Å²) in [7, 11) is 0. The lowest BCUT2D eigenvalue weighted by atomic mass is 10.0. The molecule has 18 nitrogen and oxygen atoms in total. The van der Waals surface area contributed by atoms with Gasteiger partial charge in [0, 0.05) is 94.6 Å². The molecule has 632 valence electrons. The van der Waals surface area contributed by atoms with Crippen LogP contribution in [-0.2, 0) is 37.1 Å². The third kappa shape index (κ3) is 20.6. The summed E-state index contributed by atoms with van der Waals surface area (Å²) in [5.74, 6) is -1.63. The number of hydrogen-bond donors (Lipinski definition) is 5. The van der Waals surface area contributed by atoms with Gasteiger partial charge in [-0.25, -0.2) is 9.18 Å². The fraction of sp³-hybridized carbons (Fsp3) is 0.421. The minimum Gasteiger partial charge on any atom is -0.477 e. The van der Waals surface area contributed by atoms with Gasteiger partial charge in [0.05, 0.1) is 48.6 Å². The van der Waals surface area contributed by atoms with E-state index < -0.39 is 148 Å². The Morgan fingerprint density at radius 3 is 1.11 bits per heavy atom. The lowest BCUT2D eigenvalue weighted by molar-refractivity contribution is -0.388. The standard InChI is InChI=1S/C24H19F6N3O2.C13H13F3N2O2.C13H15F3N2.C11H6F3NO3.C7H3F4NO2.C7H12.CH4.3ClH/c25-23(26,27)16-9-8-14(33-12-4-5-13(33)7-6-12)10-19(16)32-22(35)15-11-31-18-3-1-2-17(24(28,29)30)20(18)21(15)34;14-13(15,16)11-7-10(5-6-12(11)18(19)20)17-8-1-2-9(17)4-3-8;14-13(15,16)11-7-10(5-6-12(11)17)18-8-1-2-9(18)4-3-8;12-11(13,14)6-2-1-3-7-8(6)9(16)5(4-15-7)10(17)18;8-4-1-2-6(12(13)14)5(3-4)7(9,10)11;1-2-7-4-3-6(1)5-7;;;;/h1-3,8-13H,4-7H2,(H,31,34)(H,32,35);5-9H,1-4H2;5-9H,1-4,17H2;1-4H,(H,15,16)(H,17,18);1-3H;6-7H,1-5H2;1H4;3*1H. The van der Waals surface area contributed by atoms with Crippen molar-refractivity contribution in [3.63, 3.8) is 0 Å². The molecule has 8 aliphatic rings. The topological polar surface area (TPSA) is 254 Å². The maximum Gasteiger partial charge on any atom is 0.423 e. The zero-order chi connectivity index (χ0) is 81.6. The van der Waals surface area contributed by atoms with E-state index in [4.69, 9.17) is 10.8 Å². The Balaban J connectivity index is 0.000000201. The average Bonchev–Trinajstić information content (AvgIpc) is 1.36. The Hall–Kier alpha value is -9.78. The first-order valence-corrected chi connectivity index (χ1v) is 35.3. The van der Waals surface area contributed by atoms with Crippen LogP contribution in [-0.4, -0.2) is 73.0 Å². The normalized spacial score (nSPS) is 20.7. The number of aromatic carboxylic acids is 1. The number of nitrogens with two attached hydrogens (primary N) is 1. The maximum atomic E-state index is 13.7. The summed E-state index contributed by atoms with van der Waals surface area (Å²) < 4.78 is 246. The number of rotatable bonds is 8. The van der Waals surface area contributed by atoms with Crippen molar-refractivity contribution in [3.8, 4) is 0 Å². The van der Waals surface area contributed by atoms with Gasteiger partial charge in [-0.1, -0.05) is 45.2 Å².